The van der Waals surface area contributed by atoms with E-state index in [9.17, 15) is 22.7 Å². The molecule has 0 aromatic heterocycles. The van der Waals surface area contributed by atoms with Gasteiger partial charge in [-0.2, -0.15) is 13.2 Å². The average molecular weight is 249 g/mol. The fourth-order valence-electron chi connectivity index (χ4n) is 2.02. The van der Waals surface area contributed by atoms with Crippen molar-refractivity contribution in [2.75, 3.05) is 6.54 Å². The van der Waals surface area contributed by atoms with Crippen LogP contribution in [-0.4, -0.2) is 11.7 Å². The van der Waals surface area contributed by atoms with Gasteiger partial charge >= 0.3 is 6.18 Å². The Morgan fingerprint density at radius 3 is 2.53 bits per heavy atom. The summed E-state index contributed by atoms with van der Waals surface area (Å²) in [4.78, 5) is 0. The SMILES string of the molecule is Oc1cc(C(F)(F)F)c(F)cc1[C@@H]1CCCN1. The van der Waals surface area contributed by atoms with Crippen molar-refractivity contribution >= 4 is 0 Å². The minimum absolute atomic E-state index is 0.188. The summed E-state index contributed by atoms with van der Waals surface area (Å²) in [6.07, 6.45) is -3.26. The van der Waals surface area contributed by atoms with E-state index in [1.807, 2.05) is 0 Å². The summed E-state index contributed by atoms with van der Waals surface area (Å²) in [7, 11) is 0. The highest BCUT2D eigenvalue weighted by molar-refractivity contribution is 5.40. The Kier molecular flexibility index (Phi) is 2.99. The van der Waals surface area contributed by atoms with E-state index in [-0.39, 0.29) is 11.6 Å². The fraction of sp³-hybridized carbons (Fsp3) is 0.455. The molecule has 1 atom stereocenters. The molecule has 1 aromatic rings. The molecular weight excluding hydrogens is 238 g/mol. The molecule has 0 spiro atoms. The lowest BCUT2D eigenvalue weighted by Crippen LogP contribution is -2.15. The van der Waals surface area contributed by atoms with Gasteiger partial charge in [0.05, 0.1) is 5.56 Å². The zero-order chi connectivity index (χ0) is 12.6. The number of phenols is 1. The van der Waals surface area contributed by atoms with Crippen LogP contribution in [0.25, 0.3) is 0 Å². The monoisotopic (exact) mass is 249 g/mol. The van der Waals surface area contributed by atoms with Crippen molar-refractivity contribution in [2.45, 2.75) is 25.1 Å². The van der Waals surface area contributed by atoms with Crippen LogP contribution < -0.4 is 5.32 Å². The predicted molar refractivity (Wildman–Crippen MR) is 53.0 cm³/mol. The Hall–Kier alpha value is -1.30. The smallest absolute Gasteiger partial charge is 0.419 e. The molecular formula is C11H11F4NO. The second-order valence-corrected chi connectivity index (χ2v) is 4.04. The van der Waals surface area contributed by atoms with E-state index in [2.05, 4.69) is 5.32 Å². The first-order chi connectivity index (χ1) is 7.89. The minimum atomic E-state index is -4.79. The number of hydrogen-bond donors (Lipinski definition) is 2. The molecule has 0 amide bonds. The molecule has 2 N–H and O–H groups in total. The molecule has 1 saturated heterocycles. The van der Waals surface area contributed by atoms with Gasteiger partial charge in [0.15, 0.2) is 0 Å². The van der Waals surface area contributed by atoms with E-state index in [4.69, 9.17) is 0 Å². The number of aromatic hydroxyl groups is 1. The molecule has 0 bridgehead atoms. The molecule has 0 unspecified atom stereocenters. The summed E-state index contributed by atoms with van der Waals surface area (Å²) in [5.74, 6) is -1.86. The van der Waals surface area contributed by atoms with Gasteiger partial charge in [-0.3, -0.25) is 0 Å². The Labute approximate surface area is 95.3 Å². The van der Waals surface area contributed by atoms with Gasteiger partial charge in [0.25, 0.3) is 0 Å². The first kappa shape index (κ1) is 12.2. The van der Waals surface area contributed by atoms with Gasteiger partial charge < -0.3 is 10.4 Å². The first-order valence-corrected chi connectivity index (χ1v) is 5.22. The number of phenolic OH excluding ortho intramolecular Hbond substituents is 1. The van der Waals surface area contributed by atoms with Crippen LogP contribution in [0.4, 0.5) is 17.6 Å². The third-order valence-corrected chi connectivity index (χ3v) is 2.86. The second kappa shape index (κ2) is 4.18. The molecule has 1 aliphatic heterocycles. The highest BCUT2D eigenvalue weighted by atomic mass is 19.4. The van der Waals surface area contributed by atoms with E-state index >= 15 is 0 Å². The maximum atomic E-state index is 13.3. The van der Waals surface area contributed by atoms with Crippen molar-refractivity contribution in [1.82, 2.24) is 5.32 Å². The Morgan fingerprint density at radius 1 is 1.29 bits per heavy atom. The van der Waals surface area contributed by atoms with Gasteiger partial charge in [-0.15, -0.1) is 0 Å². The van der Waals surface area contributed by atoms with E-state index < -0.39 is 23.3 Å². The normalized spacial score (nSPS) is 20.8. The molecule has 1 aliphatic rings. The number of rotatable bonds is 1. The molecule has 0 radical (unpaired) electrons. The lowest BCUT2D eigenvalue weighted by molar-refractivity contribution is -0.140. The molecule has 94 valence electrons. The Bertz CT molecular complexity index is 424. The third kappa shape index (κ3) is 2.36. The van der Waals surface area contributed by atoms with Crippen LogP contribution in [0.15, 0.2) is 12.1 Å². The van der Waals surface area contributed by atoms with Gasteiger partial charge in [0, 0.05) is 11.6 Å². The van der Waals surface area contributed by atoms with Crippen LogP contribution in [0.1, 0.15) is 30.0 Å². The van der Waals surface area contributed by atoms with Gasteiger partial charge in [0.2, 0.25) is 0 Å². The topological polar surface area (TPSA) is 32.3 Å². The Morgan fingerprint density at radius 2 is 2.00 bits per heavy atom. The first-order valence-electron chi connectivity index (χ1n) is 5.22. The quantitative estimate of drug-likeness (QED) is 0.750. The number of halogens is 4. The van der Waals surface area contributed by atoms with Crippen molar-refractivity contribution in [3.63, 3.8) is 0 Å². The Balaban J connectivity index is 2.41. The van der Waals surface area contributed by atoms with Crippen LogP contribution in [0, 0.1) is 5.82 Å². The molecule has 2 nitrogen and oxygen atoms in total. The van der Waals surface area contributed by atoms with Gasteiger partial charge in [-0.05, 0) is 31.5 Å². The molecule has 2 rings (SSSR count). The molecule has 1 fully saturated rings. The van der Waals surface area contributed by atoms with Crippen LogP contribution in [0.2, 0.25) is 0 Å². The van der Waals surface area contributed by atoms with Crippen LogP contribution in [-0.2, 0) is 6.18 Å². The number of alkyl halides is 3. The largest absolute Gasteiger partial charge is 0.508 e. The summed E-state index contributed by atoms with van der Waals surface area (Å²) in [6, 6.07) is 0.943. The zero-order valence-corrected chi connectivity index (χ0v) is 8.81. The summed E-state index contributed by atoms with van der Waals surface area (Å²) in [6.45, 7) is 0.715. The third-order valence-electron chi connectivity index (χ3n) is 2.86. The highest BCUT2D eigenvalue weighted by Gasteiger charge is 2.35. The van der Waals surface area contributed by atoms with Gasteiger partial charge in [-0.25, -0.2) is 4.39 Å². The standard InChI is InChI=1S/C11H11F4NO/c12-8-4-6(9-2-1-3-16-9)10(17)5-7(8)11(13,14)15/h4-5,9,16-17H,1-3H2/t9-/m0/s1. The lowest BCUT2D eigenvalue weighted by atomic mass is 10.0. The fourth-order valence-corrected chi connectivity index (χ4v) is 2.02. The van der Waals surface area contributed by atoms with Crippen LogP contribution in [0.3, 0.4) is 0 Å². The van der Waals surface area contributed by atoms with Gasteiger partial charge in [-0.1, -0.05) is 0 Å². The maximum Gasteiger partial charge on any atom is 0.419 e. The molecule has 6 heteroatoms. The number of nitrogens with one attached hydrogen (secondary N) is 1. The molecule has 0 saturated carbocycles. The minimum Gasteiger partial charge on any atom is -0.508 e. The lowest BCUT2D eigenvalue weighted by Gasteiger charge is -2.15. The summed E-state index contributed by atoms with van der Waals surface area (Å²) >= 11 is 0. The number of benzene rings is 1. The summed E-state index contributed by atoms with van der Waals surface area (Å²) in [5.41, 5.74) is -1.25. The maximum absolute atomic E-state index is 13.3. The molecule has 1 aromatic carbocycles. The zero-order valence-electron chi connectivity index (χ0n) is 8.81. The summed E-state index contributed by atoms with van der Waals surface area (Å²) in [5, 5.41) is 12.5. The van der Waals surface area contributed by atoms with Crippen molar-refractivity contribution < 1.29 is 22.7 Å². The van der Waals surface area contributed by atoms with Crippen LogP contribution in [0.5, 0.6) is 5.75 Å². The average Bonchev–Trinajstić information content (AvgIpc) is 2.72. The molecule has 0 aliphatic carbocycles. The summed E-state index contributed by atoms with van der Waals surface area (Å²) < 4.78 is 50.4. The van der Waals surface area contributed by atoms with E-state index in [0.29, 0.717) is 19.0 Å². The second-order valence-electron chi connectivity index (χ2n) is 4.04. The van der Waals surface area contributed by atoms with Crippen LogP contribution >= 0.6 is 0 Å². The van der Waals surface area contributed by atoms with Crippen molar-refractivity contribution in [3.8, 4) is 5.75 Å². The van der Waals surface area contributed by atoms with Crippen molar-refractivity contribution in [3.05, 3.63) is 29.1 Å². The van der Waals surface area contributed by atoms with E-state index in [0.717, 1.165) is 12.5 Å². The molecule has 1 heterocycles. The van der Waals surface area contributed by atoms with Crippen molar-refractivity contribution in [2.24, 2.45) is 0 Å². The predicted octanol–water partition coefficient (Wildman–Crippen LogP) is 2.97. The van der Waals surface area contributed by atoms with Gasteiger partial charge in [0.1, 0.15) is 11.6 Å². The highest BCUT2D eigenvalue weighted by Crippen LogP contribution is 2.38. The van der Waals surface area contributed by atoms with E-state index in [1.165, 1.54) is 0 Å². The van der Waals surface area contributed by atoms with E-state index in [1.54, 1.807) is 0 Å². The molecule has 17 heavy (non-hydrogen) atoms. The number of hydrogen-bond acceptors (Lipinski definition) is 2. The van der Waals surface area contributed by atoms with Crippen molar-refractivity contribution in [1.29, 1.82) is 0 Å².